The minimum Gasteiger partial charge on any atom is -0.493 e. The van der Waals surface area contributed by atoms with Crippen molar-refractivity contribution in [2.75, 3.05) is 39.3 Å². The number of alkyl halides is 1. The summed E-state index contributed by atoms with van der Waals surface area (Å²) >= 11 is 2.15. The zero-order valence-electron chi connectivity index (χ0n) is 18.9. The Bertz CT molecular complexity index is 1140. The molecule has 0 saturated heterocycles. The summed E-state index contributed by atoms with van der Waals surface area (Å²) in [4.78, 5) is 33.0. The Hall–Kier alpha value is -2.34. The van der Waals surface area contributed by atoms with Gasteiger partial charge < -0.3 is 18.9 Å². The van der Waals surface area contributed by atoms with Crippen molar-refractivity contribution in [2.24, 2.45) is 14.1 Å². The van der Waals surface area contributed by atoms with Crippen molar-refractivity contribution in [3.05, 3.63) is 50.9 Å². The van der Waals surface area contributed by atoms with E-state index in [1.807, 2.05) is 34.7 Å². The summed E-state index contributed by atoms with van der Waals surface area (Å²) in [5, 5.41) is 0. The third kappa shape index (κ3) is 5.48. The molecule has 0 aliphatic rings. The summed E-state index contributed by atoms with van der Waals surface area (Å²) < 4.78 is 14.9. The van der Waals surface area contributed by atoms with E-state index in [-0.39, 0.29) is 11.2 Å². The highest BCUT2D eigenvalue weighted by atomic mass is 127. The number of hydrogen-bond donors (Lipinski definition) is 0. The van der Waals surface area contributed by atoms with Gasteiger partial charge in [-0.3, -0.25) is 13.9 Å². The van der Waals surface area contributed by atoms with Crippen LogP contribution < -0.4 is 20.7 Å². The molecule has 0 fully saturated rings. The number of fused-ring (bicyclic) bond motifs is 1. The van der Waals surface area contributed by atoms with Crippen LogP contribution in [0.15, 0.2) is 34.1 Å². The second-order valence-corrected chi connectivity index (χ2v) is 7.06. The number of hydrogen-bond acceptors (Lipinski definition) is 6. The molecular weight excluding hydrogens is 513 g/mol. The number of halogens is 1. The predicted octanol–water partition coefficient (Wildman–Crippen LogP) is 1.68. The van der Waals surface area contributed by atoms with E-state index in [1.54, 1.807) is 27.6 Å². The van der Waals surface area contributed by atoms with E-state index in [4.69, 9.17) is 9.47 Å². The second-order valence-electron chi connectivity index (χ2n) is 7.06. The first kappa shape index (κ1) is 24.9. The fraction of sp³-hybridized carbons (Fsp3) is 0.476. The molecule has 0 unspecified atom stereocenters. The van der Waals surface area contributed by atoms with Gasteiger partial charge >= 0.3 is 5.69 Å². The highest BCUT2D eigenvalue weighted by Gasteiger charge is 2.14. The highest BCUT2D eigenvalue weighted by Crippen LogP contribution is 2.27. The quantitative estimate of drug-likeness (QED) is 0.318. The van der Waals surface area contributed by atoms with E-state index < -0.39 is 0 Å². The van der Waals surface area contributed by atoms with Crippen LogP contribution in [0, 0.1) is 0 Å². The Morgan fingerprint density at radius 2 is 1.71 bits per heavy atom. The highest BCUT2D eigenvalue weighted by molar-refractivity contribution is 14.1. The molecule has 0 saturated carbocycles. The fourth-order valence-corrected chi connectivity index (χ4v) is 3.31. The number of likely N-dealkylation sites (N-methyl/N-ethyl adjacent to an activating group) is 1. The van der Waals surface area contributed by atoms with Crippen LogP contribution in [0.2, 0.25) is 0 Å². The molecule has 0 bridgehead atoms. The maximum atomic E-state index is 12.5. The van der Waals surface area contributed by atoms with Crippen molar-refractivity contribution in [2.45, 2.75) is 13.0 Å². The average Bonchev–Trinajstić information content (AvgIpc) is 3.23. The predicted molar refractivity (Wildman–Crippen MR) is 131 cm³/mol. The van der Waals surface area contributed by atoms with Crippen LogP contribution in [0.4, 0.5) is 0 Å². The standard InChI is InChI=1S/C20H27N5O4.CH3I/c1-22(9-8-14-6-7-15(28-4)16(12-14)29-5)10-11-25-13-21-18-17(25)19(26)24(3)20(27)23(18)2;1-2/h6-7,12-13H,8-11H2,1-5H3;1H3. The van der Waals surface area contributed by atoms with E-state index in [9.17, 15) is 9.59 Å². The van der Waals surface area contributed by atoms with Gasteiger partial charge in [0.05, 0.1) is 20.5 Å². The van der Waals surface area contributed by atoms with Crippen molar-refractivity contribution in [1.82, 2.24) is 23.6 Å². The van der Waals surface area contributed by atoms with Crippen molar-refractivity contribution in [1.29, 1.82) is 0 Å². The zero-order chi connectivity index (χ0) is 23.1. The Morgan fingerprint density at radius 1 is 1.03 bits per heavy atom. The summed E-state index contributed by atoms with van der Waals surface area (Å²) in [6.07, 6.45) is 2.48. The van der Waals surface area contributed by atoms with Crippen LogP contribution in [-0.4, -0.2) is 62.9 Å². The Kier molecular flexibility index (Phi) is 9.11. The van der Waals surface area contributed by atoms with E-state index in [1.165, 1.54) is 11.6 Å². The molecule has 0 atom stereocenters. The summed E-state index contributed by atoms with van der Waals surface area (Å²) in [5.41, 5.74) is 1.31. The number of ether oxygens (including phenoxy) is 2. The minimum atomic E-state index is -0.375. The normalized spacial score (nSPS) is 10.8. The van der Waals surface area contributed by atoms with E-state index in [0.717, 1.165) is 35.4 Å². The third-order valence-corrected chi connectivity index (χ3v) is 5.17. The summed E-state index contributed by atoms with van der Waals surface area (Å²) in [5.74, 6) is 1.44. The molecule has 0 amide bonds. The van der Waals surface area contributed by atoms with Crippen molar-refractivity contribution >= 4 is 33.8 Å². The van der Waals surface area contributed by atoms with Crippen LogP contribution in [0.25, 0.3) is 11.2 Å². The number of aromatic nitrogens is 4. The Balaban J connectivity index is 0.00000166. The number of rotatable bonds is 8. The molecule has 9 nitrogen and oxygen atoms in total. The molecule has 1 aromatic carbocycles. The van der Waals surface area contributed by atoms with Gasteiger partial charge in [0.1, 0.15) is 0 Å². The van der Waals surface area contributed by atoms with E-state index in [2.05, 4.69) is 32.5 Å². The number of methoxy groups -OCH3 is 2. The lowest BCUT2D eigenvalue weighted by molar-refractivity contribution is 0.323. The summed E-state index contributed by atoms with van der Waals surface area (Å²) in [6.45, 7) is 2.19. The van der Waals surface area contributed by atoms with Crippen LogP contribution >= 0.6 is 22.6 Å². The minimum absolute atomic E-state index is 0.325. The van der Waals surface area contributed by atoms with Gasteiger partial charge in [-0.05, 0) is 36.1 Å². The van der Waals surface area contributed by atoms with Crippen LogP contribution in [0.1, 0.15) is 5.56 Å². The Morgan fingerprint density at radius 3 is 2.35 bits per heavy atom. The maximum Gasteiger partial charge on any atom is 0.332 e. The molecule has 3 aromatic rings. The number of nitrogens with zero attached hydrogens (tertiary/aromatic N) is 5. The van der Waals surface area contributed by atoms with Gasteiger partial charge in [0.25, 0.3) is 5.56 Å². The smallest absolute Gasteiger partial charge is 0.332 e. The van der Waals surface area contributed by atoms with E-state index >= 15 is 0 Å². The summed E-state index contributed by atoms with van der Waals surface area (Å²) in [7, 11) is 8.39. The molecule has 31 heavy (non-hydrogen) atoms. The molecule has 0 radical (unpaired) electrons. The molecule has 170 valence electrons. The van der Waals surface area contributed by atoms with E-state index in [0.29, 0.717) is 23.5 Å². The topological polar surface area (TPSA) is 83.5 Å². The average molecular weight is 543 g/mol. The number of aryl methyl sites for hydroxylation is 1. The Labute approximate surface area is 195 Å². The second kappa shape index (κ2) is 11.3. The van der Waals surface area contributed by atoms with Crippen molar-refractivity contribution < 1.29 is 9.47 Å². The molecule has 0 spiro atoms. The molecular formula is C21H30IN5O4. The van der Waals surface area contributed by atoms with Gasteiger partial charge in [0.2, 0.25) is 0 Å². The van der Waals surface area contributed by atoms with Gasteiger partial charge in [-0.1, -0.05) is 28.7 Å². The number of imidazole rings is 1. The largest absolute Gasteiger partial charge is 0.493 e. The van der Waals surface area contributed by atoms with Crippen LogP contribution in [0.5, 0.6) is 11.5 Å². The molecule has 0 aliphatic heterocycles. The fourth-order valence-electron chi connectivity index (χ4n) is 3.31. The lowest BCUT2D eigenvalue weighted by Crippen LogP contribution is -2.37. The molecule has 10 heteroatoms. The van der Waals surface area contributed by atoms with Gasteiger partial charge in [0, 0.05) is 33.7 Å². The van der Waals surface area contributed by atoms with Crippen LogP contribution in [0.3, 0.4) is 0 Å². The van der Waals surface area contributed by atoms with Crippen molar-refractivity contribution in [3.8, 4) is 11.5 Å². The molecule has 2 heterocycles. The lowest BCUT2D eigenvalue weighted by atomic mass is 10.1. The molecule has 0 N–H and O–H groups in total. The number of benzene rings is 1. The van der Waals surface area contributed by atoms with Crippen LogP contribution in [-0.2, 0) is 27.1 Å². The SMILES string of the molecule is CI.COc1ccc(CCN(C)CCn2cnc3c2c(=O)n(C)c(=O)n3C)cc1OC. The van der Waals surface area contributed by atoms with Gasteiger partial charge in [0.15, 0.2) is 22.7 Å². The molecule has 3 rings (SSSR count). The van der Waals surface area contributed by atoms with Crippen molar-refractivity contribution in [3.63, 3.8) is 0 Å². The van der Waals surface area contributed by atoms with Gasteiger partial charge in [-0.15, -0.1) is 0 Å². The third-order valence-electron chi connectivity index (χ3n) is 5.17. The monoisotopic (exact) mass is 543 g/mol. The maximum absolute atomic E-state index is 12.5. The van der Waals surface area contributed by atoms with Gasteiger partial charge in [-0.25, -0.2) is 9.78 Å². The first-order valence-corrected chi connectivity index (χ1v) is 11.9. The molecule has 0 aliphatic carbocycles. The lowest BCUT2D eigenvalue weighted by Gasteiger charge is -2.17. The first-order valence-electron chi connectivity index (χ1n) is 9.75. The first-order chi connectivity index (χ1) is 14.9. The van der Waals surface area contributed by atoms with Gasteiger partial charge in [-0.2, -0.15) is 0 Å². The molecule has 2 aromatic heterocycles. The zero-order valence-corrected chi connectivity index (χ0v) is 21.0. The summed E-state index contributed by atoms with van der Waals surface area (Å²) in [6, 6.07) is 5.93.